The van der Waals surface area contributed by atoms with E-state index < -0.39 is 0 Å². The van der Waals surface area contributed by atoms with E-state index in [9.17, 15) is 0 Å². The first-order chi connectivity index (χ1) is 14.5. The highest BCUT2D eigenvalue weighted by atomic mass is 15.3. The van der Waals surface area contributed by atoms with Gasteiger partial charge < -0.3 is 15.5 Å². The minimum Gasteiger partial charge on any atom is -0.352 e. The van der Waals surface area contributed by atoms with Crippen LogP contribution in [0.25, 0.3) is 5.69 Å². The number of rotatable bonds is 7. The van der Waals surface area contributed by atoms with Crippen LogP contribution in [0, 0.1) is 13.8 Å². The van der Waals surface area contributed by atoms with E-state index in [1.54, 1.807) is 7.05 Å². The average molecular weight is 405 g/mol. The van der Waals surface area contributed by atoms with Crippen LogP contribution in [0.4, 0.5) is 0 Å². The van der Waals surface area contributed by atoms with Crippen LogP contribution < -0.4 is 10.6 Å². The van der Waals surface area contributed by atoms with Gasteiger partial charge in [-0.05, 0) is 56.8 Å². The molecule has 0 saturated heterocycles. The van der Waals surface area contributed by atoms with Crippen molar-refractivity contribution in [2.24, 2.45) is 4.99 Å². The monoisotopic (exact) mass is 404 g/mol. The lowest BCUT2D eigenvalue weighted by atomic mass is 10.1. The summed E-state index contributed by atoms with van der Waals surface area (Å²) in [7, 11) is 5.98. The normalized spacial score (nSPS) is 11.7. The zero-order valence-electron chi connectivity index (χ0n) is 18.6. The molecule has 0 radical (unpaired) electrons. The minimum absolute atomic E-state index is 0.660. The van der Waals surface area contributed by atoms with E-state index >= 15 is 0 Å². The number of hydrogen-bond donors (Lipinski definition) is 2. The number of aliphatic imine (C=N–C) groups is 1. The van der Waals surface area contributed by atoms with Crippen LogP contribution in [0.1, 0.15) is 28.1 Å². The van der Waals surface area contributed by atoms with Crippen LogP contribution in [-0.4, -0.2) is 41.8 Å². The molecule has 2 N–H and O–H groups in total. The van der Waals surface area contributed by atoms with E-state index in [4.69, 9.17) is 0 Å². The van der Waals surface area contributed by atoms with E-state index in [-0.39, 0.29) is 0 Å². The number of benzene rings is 2. The van der Waals surface area contributed by atoms with Crippen LogP contribution in [0.15, 0.2) is 59.6 Å². The van der Waals surface area contributed by atoms with Gasteiger partial charge in [0.25, 0.3) is 0 Å². The molecule has 0 unspecified atom stereocenters. The molecule has 2 aromatic carbocycles. The first kappa shape index (κ1) is 21.6. The second-order valence-corrected chi connectivity index (χ2v) is 7.75. The molecule has 0 aliphatic carbocycles. The average Bonchev–Trinajstić information content (AvgIpc) is 3.07. The van der Waals surface area contributed by atoms with Crippen molar-refractivity contribution in [2.75, 3.05) is 21.1 Å². The topological polar surface area (TPSA) is 57.5 Å². The van der Waals surface area contributed by atoms with Gasteiger partial charge in [-0.25, -0.2) is 4.68 Å². The number of hydrogen-bond acceptors (Lipinski definition) is 3. The summed E-state index contributed by atoms with van der Waals surface area (Å²) < 4.78 is 2.00. The van der Waals surface area contributed by atoms with Gasteiger partial charge in [0.1, 0.15) is 0 Å². The number of guanidine groups is 1. The summed E-state index contributed by atoms with van der Waals surface area (Å²) in [6.07, 6.45) is 0. The summed E-state index contributed by atoms with van der Waals surface area (Å²) in [5, 5.41) is 11.5. The van der Waals surface area contributed by atoms with Gasteiger partial charge in [0.2, 0.25) is 0 Å². The van der Waals surface area contributed by atoms with Gasteiger partial charge in [-0.2, -0.15) is 5.10 Å². The number of aromatic nitrogens is 2. The fourth-order valence-corrected chi connectivity index (χ4v) is 3.54. The van der Waals surface area contributed by atoms with Gasteiger partial charge in [-0.3, -0.25) is 4.99 Å². The molecule has 6 heteroatoms. The Hall–Kier alpha value is -3.12. The van der Waals surface area contributed by atoms with Crippen molar-refractivity contribution in [1.82, 2.24) is 25.3 Å². The lowest BCUT2D eigenvalue weighted by Gasteiger charge is -2.17. The van der Waals surface area contributed by atoms with E-state index in [1.807, 2.05) is 17.7 Å². The summed E-state index contributed by atoms with van der Waals surface area (Å²) >= 11 is 0. The quantitative estimate of drug-likeness (QED) is 0.468. The van der Waals surface area contributed by atoms with Gasteiger partial charge in [0.05, 0.1) is 11.4 Å². The summed E-state index contributed by atoms with van der Waals surface area (Å²) in [5.74, 6) is 0.776. The van der Waals surface area contributed by atoms with Crippen LogP contribution in [0.5, 0.6) is 0 Å². The lowest BCUT2D eigenvalue weighted by Crippen LogP contribution is -2.36. The summed E-state index contributed by atoms with van der Waals surface area (Å²) in [4.78, 5) is 6.58. The number of para-hydroxylation sites is 1. The van der Waals surface area contributed by atoms with Crippen molar-refractivity contribution < 1.29 is 0 Å². The molecule has 3 aromatic rings. The van der Waals surface area contributed by atoms with Crippen LogP contribution >= 0.6 is 0 Å². The molecule has 30 heavy (non-hydrogen) atoms. The molecule has 0 aliphatic rings. The maximum atomic E-state index is 4.64. The summed E-state index contributed by atoms with van der Waals surface area (Å²) in [6, 6.07) is 18.9. The Kier molecular flexibility index (Phi) is 7.25. The minimum atomic E-state index is 0.660. The molecular weight excluding hydrogens is 372 g/mol. The Morgan fingerprint density at radius 1 is 0.933 bits per heavy atom. The molecule has 158 valence electrons. The zero-order valence-corrected chi connectivity index (χ0v) is 18.6. The highest BCUT2D eigenvalue weighted by Crippen LogP contribution is 2.17. The first-order valence-electron chi connectivity index (χ1n) is 10.3. The third-order valence-corrected chi connectivity index (χ3v) is 4.95. The Balaban J connectivity index is 1.67. The SMILES string of the molecule is CN=C(NCc1ccccc1CN(C)C)NCc1ccccc1-n1nc(C)cc1C. The molecule has 3 rings (SSSR count). The molecule has 1 heterocycles. The predicted molar refractivity (Wildman–Crippen MR) is 124 cm³/mol. The maximum absolute atomic E-state index is 4.64. The predicted octanol–water partition coefficient (Wildman–Crippen LogP) is 3.42. The van der Waals surface area contributed by atoms with Crippen molar-refractivity contribution in [3.8, 4) is 5.69 Å². The molecule has 1 aromatic heterocycles. The second-order valence-electron chi connectivity index (χ2n) is 7.75. The second kappa shape index (κ2) is 10.1. The molecule has 6 nitrogen and oxygen atoms in total. The van der Waals surface area contributed by atoms with Gasteiger partial charge in [0, 0.05) is 32.4 Å². The first-order valence-corrected chi connectivity index (χ1v) is 10.3. The van der Waals surface area contributed by atoms with Crippen molar-refractivity contribution in [1.29, 1.82) is 0 Å². The molecule has 0 bridgehead atoms. The third kappa shape index (κ3) is 5.48. The van der Waals surface area contributed by atoms with Gasteiger partial charge in [-0.15, -0.1) is 0 Å². The van der Waals surface area contributed by atoms with Crippen LogP contribution in [-0.2, 0) is 19.6 Å². The van der Waals surface area contributed by atoms with Crippen molar-refractivity contribution >= 4 is 5.96 Å². The lowest BCUT2D eigenvalue weighted by molar-refractivity contribution is 0.400. The zero-order chi connectivity index (χ0) is 21.5. The molecule has 0 atom stereocenters. The smallest absolute Gasteiger partial charge is 0.191 e. The number of aryl methyl sites for hydroxylation is 2. The largest absolute Gasteiger partial charge is 0.352 e. The third-order valence-electron chi connectivity index (χ3n) is 4.95. The summed E-state index contributed by atoms with van der Waals surface area (Å²) in [5.41, 5.74) is 6.99. The molecule has 0 aliphatic heterocycles. The summed E-state index contributed by atoms with van der Waals surface area (Å²) in [6.45, 7) is 6.40. The van der Waals surface area contributed by atoms with E-state index in [1.165, 1.54) is 16.7 Å². The molecular formula is C24H32N6. The molecule has 0 saturated carbocycles. The van der Waals surface area contributed by atoms with Gasteiger partial charge in [0.15, 0.2) is 5.96 Å². The van der Waals surface area contributed by atoms with Crippen molar-refractivity contribution in [3.63, 3.8) is 0 Å². The fourth-order valence-electron chi connectivity index (χ4n) is 3.54. The number of nitrogens with zero attached hydrogens (tertiary/aromatic N) is 4. The van der Waals surface area contributed by atoms with Crippen LogP contribution in [0.3, 0.4) is 0 Å². The van der Waals surface area contributed by atoms with Crippen molar-refractivity contribution in [2.45, 2.75) is 33.5 Å². The standard InChI is InChI=1S/C24H32N6/c1-18-14-19(2)30(28-18)23-13-9-8-11-21(23)16-27-24(25-3)26-15-20-10-6-7-12-22(20)17-29(4)5/h6-14H,15-17H2,1-5H3,(H2,25,26,27). The highest BCUT2D eigenvalue weighted by Gasteiger charge is 2.10. The molecule has 0 fully saturated rings. The van der Waals surface area contributed by atoms with Crippen molar-refractivity contribution in [3.05, 3.63) is 82.7 Å². The van der Waals surface area contributed by atoms with E-state index in [0.29, 0.717) is 6.54 Å². The number of nitrogens with one attached hydrogen (secondary N) is 2. The van der Waals surface area contributed by atoms with Crippen LogP contribution in [0.2, 0.25) is 0 Å². The molecule has 0 spiro atoms. The Morgan fingerprint density at radius 3 is 2.13 bits per heavy atom. The molecule has 0 amide bonds. The maximum Gasteiger partial charge on any atom is 0.191 e. The van der Waals surface area contributed by atoms with E-state index in [2.05, 4.69) is 95.2 Å². The Morgan fingerprint density at radius 2 is 1.53 bits per heavy atom. The Bertz CT molecular complexity index is 1000. The fraction of sp³-hybridized carbons (Fsp3) is 0.333. The van der Waals surface area contributed by atoms with E-state index in [0.717, 1.165) is 36.1 Å². The van der Waals surface area contributed by atoms with Gasteiger partial charge >= 0.3 is 0 Å². The highest BCUT2D eigenvalue weighted by molar-refractivity contribution is 5.79. The van der Waals surface area contributed by atoms with Gasteiger partial charge in [-0.1, -0.05) is 42.5 Å². The Labute approximate surface area is 179 Å².